The molecule has 2 bridgehead atoms. The average molecular weight is 279 g/mol. The van der Waals surface area contributed by atoms with Crippen molar-refractivity contribution in [2.24, 2.45) is 5.84 Å². The van der Waals surface area contributed by atoms with Crippen molar-refractivity contribution in [3.8, 4) is 0 Å². The molecule has 2 heterocycles. The molecule has 2 aliphatic heterocycles. The van der Waals surface area contributed by atoms with Crippen molar-refractivity contribution in [2.45, 2.75) is 43.9 Å². The first-order valence-corrected chi connectivity index (χ1v) is 6.87. The Labute approximate surface area is 116 Å². The van der Waals surface area contributed by atoms with Crippen LogP contribution in [0.25, 0.3) is 0 Å². The van der Waals surface area contributed by atoms with Crippen LogP contribution in [-0.4, -0.2) is 34.1 Å². The van der Waals surface area contributed by atoms with Gasteiger partial charge in [-0.05, 0) is 37.8 Å². The normalized spacial score (nSPS) is 28.6. The van der Waals surface area contributed by atoms with Crippen molar-refractivity contribution in [3.05, 3.63) is 29.6 Å². The number of hydrogen-bond donors (Lipinski definition) is 3. The molecule has 0 aliphatic carbocycles. The second kappa shape index (κ2) is 5.03. The lowest BCUT2D eigenvalue weighted by molar-refractivity contribution is 0.0287. The number of hydrogen-bond acceptors (Lipinski definition) is 4. The molecule has 6 heteroatoms. The molecule has 2 aliphatic rings. The van der Waals surface area contributed by atoms with Gasteiger partial charge in [0.1, 0.15) is 5.82 Å². The third-order valence-electron chi connectivity index (χ3n) is 4.33. The summed E-state index contributed by atoms with van der Waals surface area (Å²) in [5.41, 5.74) is 2.55. The molecular weight excluding hydrogens is 261 g/mol. The number of halogens is 1. The maximum Gasteiger partial charge on any atom is 0.256 e. The SMILES string of the molecule is NNc1c(F)cccc1C(=O)N1C2CCC1CC(O)C2. The molecule has 20 heavy (non-hydrogen) atoms. The molecule has 2 unspecified atom stereocenters. The zero-order valence-corrected chi connectivity index (χ0v) is 11.1. The number of anilines is 1. The number of aliphatic hydroxyl groups is 1. The summed E-state index contributed by atoms with van der Waals surface area (Å²) >= 11 is 0. The number of nitrogens with two attached hydrogens (primary N) is 1. The largest absolute Gasteiger partial charge is 0.393 e. The van der Waals surface area contributed by atoms with E-state index >= 15 is 0 Å². The Morgan fingerprint density at radius 1 is 1.35 bits per heavy atom. The van der Waals surface area contributed by atoms with Gasteiger partial charge in [0, 0.05) is 12.1 Å². The number of para-hydroxylation sites is 1. The Morgan fingerprint density at radius 3 is 2.60 bits per heavy atom. The highest BCUT2D eigenvalue weighted by molar-refractivity contribution is 6.00. The third-order valence-corrected chi connectivity index (χ3v) is 4.33. The second-order valence-electron chi connectivity index (χ2n) is 5.53. The van der Waals surface area contributed by atoms with Crippen molar-refractivity contribution < 1.29 is 14.3 Å². The summed E-state index contributed by atoms with van der Waals surface area (Å²) in [6.45, 7) is 0. The molecule has 2 atom stereocenters. The Balaban J connectivity index is 1.92. The van der Waals surface area contributed by atoms with Crippen LogP contribution in [0.3, 0.4) is 0 Å². The summed E-state index contributed by atoms with van der Waals surface area (Å²) < 4.78 is 13.7. The van der Waals surface area contributed by atoms with E-state index in [0.717, 1.165) is 12.8 Å². The summed E-state index contributed by atoms with van der Waals surface area (Å²) in [7, 11) is 0. The van der Waals surface area contributed by atoms with E-state index < -0.39 is 5.82 Å². The first-order chi connectivity index (χ1) is 9.61. The maximum atomic E-state index is 13.7. The van der Waals surface area contributed by atoms with Crippen LogP contribution in [0.1, 0.15) is 36.0 Å². The quantitative estimate of drug-likeness (QED) is 0.562. The molecule has 4 N–H and O–H groups in total. The Kier molecular flexibility index (Phi) is 3.35. The van der Waals surface area contributed by atoms with E-state index in [2.05, 4.69) is 5.43 Å². The molecule has 5 nitrogen and oxygen atoms in total. The summed E-state index contributed by atoms with van der Waals surface area (Å²) in [4.78, 5) is 14.5. The maximum absolute atomic E-state index is 13.7. The standard InChI is InChI=1S/C14H18FN3O2/c15-12-3-1-2-11(13(12)17-16)14(20)18-8-4-5-9(18)7-10(19)6-8/h1-3,8-10,17,19H,4-7,16H2. The predicted molar refractivity (Wildman–Crippen MR) is 72.4 cm³/mol. The summed E-state index contributed by atoms with van der Waals surface area (Å²) in [6, 6.07) is 4.44. The van der Waals surface area contributed by atoms with Gasteiger partial charge in [-0.25, -0.2) is 4.39 Å². The molecule has 3 rings (SSSR count). The average Bonchev–Trinajstić information content (AvgIpc) is 2.70. The highest BCUT2D eigenvalue weighted by Crippen LogP contribution is 2.37. The molecule has 0 aromatic heterocycles. The minimum atomic E-state index is -0.539. The number of rotatable bonds is 2. The molecule has 1 aromatic carbocycles. The van der Waals surface area contributed by atoms with Gasteiger partial charge in [-0.15, -0.1) is 0 Å². The summed E-state index contributed by atoms with van der Waals surface area (Å²) in [5.74, 6) is 4.57. The number of fused-ring (bicyclic) bond motifs is 2. The minimum absolute atomic E-state index is 0.0306. The van der Waals surface area contributed by atoms with Gasteiger partial charge in [-0.1, -0.05) is 6.07 Å². The number of carbonyl (C=O) groups is 1. The van der Waals surface area contributed by atoms with E-state index in [4.69, 9.17) is 5.84 Å². The number of nitrogen functional groups attached to an aromatic ring is 1. The Hall–Kier alpha value is -1.66. The zero-order valence-electron chi connectivity index (χ0n) is 11.1. The van der Waals surface area contributed by atoms with Gasteiger partial charge in [0.15, 0.2) is 0 Å². The summed E-state index contributed by atoms with van der Waals surface area (Å²) in [5, 5.41) is 9.77. The first kappa shape index (κ1) is 13.3. The van der Waals surface area contributed by atoms with Crippen molar-refractivity contribution in [1.29, 1.82) is 0 Å². The third kappa shape index (κ3) is 2.05. The lowest BCUT2D eigenvalue weighted by Gasteiger charge is -2.37. The smallest absolute Gasteiger partial charge is 0.256 e. The van der Waals surface area contributed by atoms with E-state index in [-0.39, 0.29) is 35.3 Å². The second-order valence-corrected chi connectivity index (χ2v) is 5.53. The van der Waals surface area contributed by atoms with Crippen LogP contribution in [0.5, 0.6) is 0 Å². The van der Waals surface area contributed by atoms with Crippen LogP contribution in [0.2, 0.25) is 0 Å². The van der Waals surface area contributed by atoms with Gasteiger partial charge in [0.25, 0.3) is 5.91 Å². The molecule has 1 aromatic rings. The summed E-state index contributed by atoms with van der Waals surface area (Å²) in [6.07, 6.45) is 2.66. The Bertz CT molecular complexity index is 523. The van der Waals surface area contributed by atoms with Gasteiger partial charge in [-0.2, -0.15) is 0 Å². The van der Waals surface area contributed by atoms with Crippen molar-refractivity contribution in [3.63, 3.8) is 0 Å². The molecule has 1 amide bonds. The number of nitrogens with one attached hydrogen (secondary N) is 1. The molecular formula is C14H18FN3O2. The number of nitrogens with zero attached hydrogens (tertiary/aromatic N) is 1. The minimum Gasteiger partial charge on any atom is -0.393 e. The topological polar surface area (TPSA) is 78.6 Å². The molecule has 2 saturated heterocycles. The monoisotopic (exact) mass is 279 g/mol. The number of piperidine rings is 1. The fourth-order valence-electron chi connectivity index (χ4n) is 3.47. The van der Waals surface area contributed by atoms with Gasteiger partial charge in [0.2, 0.25) is 0 Å². The number of hydrazine groups is 1. The first-order valence-electron chi connectivity index (χ1n) is 6.87. The van der Waals surface area contributed by atoms with E-state index in [1.165, 1.54) is 12.1 Å². The highest BCUT2D eigenvalue weighted by atomic mass is 19.1. The van der Waals surface area contributed by atoms with E-state index in [1.54, 1.807) is 11.0 Å². The van der Waals surface area contributed by atoms with Crippen LogP contribution >= 0.6 is 0 Å². The van der Waals surface area contributed by atoms with E-state index in [0.29, 0.717) is 12.8 Å². The van der Waals surface area contributed by atoms with Crippen molar-refractivity contribution in [1.82, 2.24) is 4.90 Å². The lowest BCUT2D eigenvalue weighted by atomic mass is 9.98. The highest BCUT2D eigenvalue weighted by Gasteiger charge is 2.43. The van der Waals surface area contributed by atoms with Gasteiger partial charge >= 0.3 is 0 Å². The van der Waals surface area contributed by atoms with E-state index in [9.17, 15) is 14.3 Å². The molecule has 2 fully saturated rings. The fraction of sp³-hybridized carbons (Fsp3) is 0.500. The van der Waals surface area contributed by atoms with Gasteiger partial charge in [0.05, 0.1) is 17.4 Å². The van der Waals surface area contributed by atoms with Gasteiger partial charge in [-0.3, -0.25) is 10.6 Å². The number of carbonyl (C=O) groups excluding carboxylic acids is 1. The molecule has 0 radical (unpaired) electrons. The van der Waals surface area contributed by atoms with Crippen molar-refractivity contribution in [2.75, 3.05) is 5.43 Å². The van der Waals surface area contributed by atoms with E-state index in [1.807, 2.05) is 0 Å². The van der Waals surface area contributed by atoms with Gasteiger partial charge < -0.3 is 15.4 Å². The molecule has 0 saturated carbocycles. The fourth-order valence-corrected chi connectivity index (χ4v) is 3.47. The zero-order chi connectivity index (χ0) is 14.3. The van der Waals surface area contributed by atoms with Crippen molar-refractivity contribution >= 4 is 11.6 Å². The van der Waals surface area contributed by atoms with Crippen LogP contribution < -0.4 is 11.3 Å². The van der Waals surface area contributed by atoms with Crippen LogP contribution in [0.4, 0.5) is 10.1 Å². The van der Waals surface area contributed by atoms with Crippen LogP contribution in [-0.2, 0) is 0 Å². The van der Waals surface area contributed by atoms with Crippen LogP contribution in [0, 0.1) is 5.82 Å². The lowest BCUT2D eigenvalue weighted by Crippen LogP contribution is -2.48. The Morgan fingerprint density at radius 2 is 2.00 bits per heavy atom. The number of amides is 1. The predicted octanol–water partition coefficient (Wildman–Crippen LogP) is 1.24. The molecule has 0 spiro atoms. The van der Waals surface area contributed by atoms with Crippen LogP contribution in [0.15, 0.2) is 18.2 Å². The molecule has 108 valence electrons. The number of benzene rings is 1. The number of aliphatic hydroxyl groups excluding tert-OH is 1.